The molecular weight excluding hydrogens is 310 g/mol. The van der Waals surface area contributed by atoms with Gasteiger partial charge in [0.05, 0.1) is 18.3 Å². The van der Waals surface area contributed by atoms with Crippen LogP contribution >= 0.6 is 11.8 Å². The van der Waals surface area contributed by atoms with Crippen molar-refractivity contribution in [3.63, 3.8) is 0 Å². The van der Waals surface area contributed by atoms with Crippen molar-refractivity contribution in [3.05, 3.63) is 36.9 Å². The van der Waals surface area contributed by atoms with Gasteiger partial charge in [0.2, 0.25) is 11.8 Å². The minimum absolute atomic E-state index is 0.121. The Morgan fingerprint density at radius 2 is 2.17 bits per heavy atom. The molecule has 1 aromatic rings. The van der Waals surface area contributed by atoms with Crippen molar-refractivity contribution in [2.45, 2.75) is 30.2 Å². The van der Waals surface area contributed by atoms with E-state index in [0.717, 1.165) is 42.1 Å². The molecule has 1 fully saturated rings. The number of thioether (sulfide) groups is 1. The maximum absolute atomic E-state index is 12.3. The molecule has 5 nitrogen and oxygen atoms in total. The van der Waals surface area contributed by atoms with Crippen LogP contribution in [0.2, 0.25) is 0 Å². The van der Waals surface area contributed by atoms with Crippen LogP contribution in [0.15, 0.2) is 41.8 Å². The highest BCUT2D eigenvalue weighted by Gasteiger charge is 2.28. The smallest absolute Gasteiger partial charge is 0.238 e. The molecule has 0 spiro atoms. The summed E-state index contributed by atoms with van der Waals surface area (Å²) < 4.78 is 0. The van der Waals surface area contributed by atoms with E-state index in [9.17, 15) is 9.59 Å². The van der Waals surface area contributed by atoms with E-state index in [1.807, 2.05) is 35.2 Å². The number of carbonyl (C=O) groups excluding carboxylic acids is 2. The lowest BCUT2D eigenvalue weighted by Gasteiger charge is -2.32. The second-order valence-corrected chi connectivity index (χ2v) is 6.59. The fraction of sp³-hybridized carbons (Fsp3) is 0.412. The Morgan fingerprint density at radius 1 is 1.39 bits per heavy atom. The van der Waals surface area contributed by atoms with Gasteiger partial charge in [0.25, 0.3) is 0 Å². The van der Waals surface area contributed by atoms with E-state index in [2.05, 4.69) is 11.9 Å². The van der Waals surface area contributed by atoms with Crippen molar-refractivity contribution in [2.75, 3.05) is 24.2 Å². The molecule has 6 heteroatoms. The highest BCUT2D eigenvalue weighted by Crippen LogP contribution is 2.27. The summed E-state index contributed by atoms with van der Waals surface area (Å²) in [6, 6.07) is 7.34. The molecule has 23 heavy (non-hydrogen) atoms. The molecule has 3 N–H and O–H groups in total. The van der Waals surface area contributed by atoms with Gasteiger partial charge in [-0.2, -0.15) is 0 Å². The van der Waals surface area contributed by atoms with E-state index in [4.69, 9.17) is 5.73 Å². The van der Waals surface area contributed by atoms with Crippen LogP contribution in [0.5, 0.6) is 0 Å². The Morgan fingerprint density at radius 3 is 2.91 bits per heavy atom. The van der Waals surface area contributed by atoms with Crippen LogP contribution < -0.4 is 11.1 Å². The molecule has 0 aliphatic carbocycles. The Kier molecular flexibility index (Phi) is 6.67. The number of hydrogen-bond donors (Lipinski definition) is 2. The van der Waals surface area contributed by atoms with Crippen LogP contribution in [0.4, 0.5) is 5.69 Å². The number of likely N-dealkylation sites (tertiary alicyclic amines) is 1. The Balaban J connectivity index is 1.99. The van der Waals surface area contributed by atoms with Crippen LogP contribution in [0.1, 0.15) is 19.3 Å². The third-order valence-electron chi connectivity index (χ3n) is 3.81. The van der Waals surface area contributed by atoms with Gasteiger partial charge in [-0.3, -0.25) is 14.5 Å². The number of amides is 2. The monoisotopic (exact) mass is 333 g/mol. The lowest BCUT2D eigenvalue weighted by Crippen LogP contribution is -2.50. The van der Waals surface area contributed by atoms with Crippen LogP contribution in [-0.2, 0) is 9.59 Å². The molecule has 2 amide bonds. The van der Waals surface area contributed by atoms with Crippen LogP contribution in [-0.4, -0.2) is 41.6 Å². The van der Waals surface area contributed by atoms with Gasteiger partial charge < -0.3 is 11.1 Å². The van der Waals surface area contributed by atoms with Crippen LogP contribution in [0, 0.1) is 0 Å². The van der Waals surface area contributed by atoms with E-state index in [1.54, 1.807) is 11.8 Å². The molecule has 1 aliphatic rings. The minimum Gasteiger partial charge on any atom is -0.368 e. The number of rotatable bonds is 7. The number of benzene rings is 1. The average molecular weight is 333 g/mol. The lowest BCUT2D eigenvalue weighted by molar-refractivity contribution is -0.126. The molecule has 2 rings (SSSR count). The number of piperidine rings is 1. The molecule has 0 radical (unpaired) electrons. The molecule has 1 aromatic carbocycles. The molecule has 0 aromatic heterocycles. The number of nitrogens with one attached hydrogen (secondary N) is 1. The van der Waals surface area contributed by atoms with E-state index in [1.165, 1.54) is 0 Å². The molecule has 1 unspecified atom stereocenters. The lowest BCUT2D eigenvalue weighted by atomic mass is 10.0. The van der Waals surface area contributed by atoms with Gasteiger partial charge in [-0.25, -0.2) is 0 Å². The zero-order chi connectivity index (χ0) is 16.7. The van der Waals surface area contributed by atoms with Crippen molar-refractivity contribution in [1.82, 2.24) is 4.90 Å². The summed E-state index contributed by atoms with van der Waals surface area (Å²) in [4.78, 5) is 26.7. The van der Waals surface area contributed by atoms with E-state index in [0.29, 0.717) is 0 Å². The van der Waals surface area contributed by atoms with Gasteiger partial charge in [-0.1, -0.05) is 24.6 Å². The van der Waals surface area contributed by atoms with E-state index in [-0.39, 0.29) is 24.4 Å². The Bertz CT molecular complexity index is 577. The summed E-state index contributed by atoms with van der Waals surface area (Å²) >= 11 is 1.62. The summed E-state index contributed by atoms with van der Waals surface area (Å²) in [5, 5.41) is 2.94. The highest BCUT2D eigenvalue weighted by molar-refractivity contribution is 7.99. The Hall–Kier alpha value is -1.79. The fourth-order valence-electron chi connectivity index (χ4n) is 2.72. The maximum Gasteiger partial charge on any atom is 0.238 e. The van der Waals surface area contributed by atoms with Crippen molar-refractivity contribution in [1.29, 1.82) is 0 Å². The predicted octanol–water partition coefficient (Wildman–Crippen LogP) is 2.24. The van der Waals surface area contributed by atoms with Crippen molar-refractivity contribution >= 4 is 29.3 Å². The largest absolute Gasteiger partial charge is 0.368 e. The SMILES string of the molecule is C=CCSc1ccccc1NC(=O)CN1CCCCC1C(N)=O. The first-order chi connectivity index (χ1) is 11.1. The van der Waals surface area contributed by atoms with Crippen LogP contribution in [0.25, 0.3) is 0 Å². The van der Waals surface area contributed by atoms with E-state index < -0.39 is 0 Å². The first-order valence-corrected chi connectivity index (χ1v) is 8.76. The van der Waals surface area contributed by atoms with E-state index >= 15 is 0 Å². The normalized spacial score (nSPS) is 18.3. The third-order valence-corrected chi connectivity index (χ3v) is 4.88. The zero-order valence-corrected chi connectivity index (χ0v) is 14.0. The first kappa shape index (κ1) is 17.6. The van der Waals surface area contributed by atoms with Gasteiger partial charge >= 0.3 is 0 Å². The number of primary amides is 1. The topological polar surface area (TPSA) is 75.4 Å². The van der Waals surface area contributed by atoms with Gasteiger partial charge in [0.1, 0.15) is 0 Å². The first-order valence-electron chi connectivity index (χ1n) is 7.77. The number of nitrogens with two attached hydrogens (primary N) is 1. The molecule has 1 saturated heterocycles. The maximum atomic E-state index is 12.3. The summed E-state index contributed by atoms with van der Waals surface area (Å²) in [5.41, 5.74) is 6.23. The van der Waals surface area contributed by atoms with Gasteiger partial charge in [0.15, 0.2) is 0 Å². The number of nitrogens with zero attached hydrogens (tertiary/aromatic N) is 1. The number of anilines is 1. The highest BCUT2D eigenvalue weighted by atomic mass is 32.2. The van der Waals surface area contributed by atoms with Gasteiger partial charge in [-0.05, 0) is 31.5 Å². The average Bonchev–Trinajstić information content (AvgIpc) is 2.54. The molecule has 1 heterocycles. The van der Waals surface area contributed by atoms with Gasteiger partial charge in [0, 0.05) is 10.6 Å². The second kappa shape index (κ2) is 8.74. The summed E-state index contributed by atoms with van der Waals surface area (Å²) in [6.45, 7) is 4.63. The Labute approximate surface area is 141 Å². The van der Waals surface area contributed by atoms with Crippen molar-refractivity contribution in [2.24, 2.45) is 5.73 Å². The minimum atomic E-state index is -0.348. The summed E-state index contributed by atoms with van der Waals surface area (Å²) in [6.07, 6.45) is 4.53. The number of para-hydroxylation sites is 1. The third kappa shape index (κ3) is 5.11. The van der Waals surface area contributed by atoms with Crippen molar-refractivity contribution < 1.29 is 9.59 Å². The number of hydrogen-bond acceptors (Lipinski definition) is 4. The zero-order valence-electron chi connectivity index (χ0n) is 13.2. The molecule has 1 aliphatic heterocycles. The summed E-state index contributed by atoms with van der Waals surface area (Å²) in [7, 11) is 0. The predicted molar refractivity (Wildman–Crippen MR) is 94.4 cm³/mol. The number of carbonyl (C=O) groups is 2. The van der Waals surface area contributed by atoms with Crippen LogP contribution in [0.3, 0.4) is 0 Å². The molecule has 124 valence electrons. The van der Waals surface area contributed by atoms with Gasteiger partial charge in [-0.15, -0.1) is 18.3 Å². The molecule has 0 saturated carbocycles. The summed E-state index contributed by atoms with van der Waals surface area (Å²) in [5.74, 6) is 0.312. The quantitative estimate of drug-likeness (QED) is 0.593. The second-order valence-electron chi connectivity index (χ2n) is 5.53. The standard InChI is InChI=1S/C17H23N3O2S/c1-2-11-23-15-9-4-3-7-13(15)19-16(21)12-20-10-6-5-8-14(20)17(18)22/h2-4,7,9,14H,1,5-6,8,10-12H2,(H2,18,22)(H,19,21). The molecule has 1 atom stereocenters. The van der Waals surface area contributed by atoms with Crippen molar-refractivity contribution in [3.8, 4) is 0 Å². The molecule has 0 bridgehead atoms. The molecular formula is C17H23N3O2S. The fourth-order valence-corrected chi connectivity index (χ4v) is 3.47.